The first-order valence-corrected chi connectivity index (χ1v) is 8.81. The Kier molecular flexibility index (Phi) is 5.89. The van der Waals surface area contributed by atoms with Gasteiger partial charge < -0.3 is 4.74 Å². The molecule has 0 aliphatic carbocycles. The number of methoxy groups -OCH3 is 1. The van der Waals surface area contributed by atoms with Crippen molar-refractivity contribution in [2.45, 2.75) is 11.4 Å². The molecule has 0 bridgehead atoms. The number of ether oxygens (including phenoxy) is 1. The lowest BCUT2D eigenvalue weighted by Crippen LogP contribution is -2.30. The van der Waals surface area contributed by atoms with Gasteiger partial charge in [-0.1, -0.05) is 18.2 Å². The van der Waals surface area contributed by atoms with Crippen LogP contribution in [0, 0.1) is 10.1 Å². The second kappa shape index (κ2) is 7.91. The van der Waals surface area contributed by atoms with Crippen molar-refractivity contribution < 1.29 is 18.1 Å². The van der Waals surface area contributed by atoms with Crippen molar-refractivity contribution in [2.75, 3.05) is 13.7 Å². The molecule has 0 heterocycles. The summed E-state index contributed by atoms with van der Waals surface area (Å²) in [6.45, 7) is 3.67. The fourth-order valence-corrected chi connectivity index (χ4v) is 3.66. The summed E-state index contributed by atoms with van der Waals surface area (Å²) in [5.74, 6) is 0.549. The SMILES string of the molecule is C=CCN(Cc1cccc([N+](=O)[O-])c1)S(=O)(=O)c1ccc(OC)cc1. The van der Waals surface area contributed by atoms with Crippen LogP contribution in [0.2, 0.25) is 0 Å². The zero-order valence-electron chi connectivity index (χ0n) is 13.7. The van der Waals surface area contributed by atoms with Gasteiger partial charge in [0.15, 0.2) is 0 Å². The third-order valence-corrected chi connectivity index (χ3v) is 5.34. The standard InChI is InChI=1S/C17H18N2O5S/c1-3-11-18(13-14-5-4-6-15(12-14)19(20)21)25(22,23)17-9-7-16(24-2)8-10-17/h3-10,12H,1,11,13H2,2H3. The molecule has 0 saturated heterocycles. The van der Waals surface area contributed by atoms with E-state index in [1.165, 1.54) is 47.8 Å². The summed E-state index contributed by atoms with van der Waals surface area (Å²) in [7, 11) is -2.29. The Morgan fingerprint density at radius 2 is 1.92 bits per heavy atom. The van der Waals surface area contributed by atoms with Gasteiger partial charge in [-0.05, 0) is 29.8 Å². The Balaban J connectivity index is 2.33. The van der Waals surface area contributed by atoms with Crippen LogP contribution in [0.4, 0.5) is 5.69 Å². The summed E-state index contributed by atoms with van der Waals surface area (Å²) in [5, 5.41) is 10.9. The summed E-state index contributed by atoms with van der Waals surface area (Å²) in [4.78, 5) is 10.5. The van der Waals surface area contributed by atoms with Crippen LogP contribution in [0.15, 0.2) is 66.1 Å². The molecule has 25 heavy (non-hydrogen) atoms. The van der Waals surface area contributed by atoms with E-state index in [9.17, 15) is 18.5 Å². The van der Waals surface area contributed by atoms with Gasteiger partial charge in [-0.25, -0.2) is 8.42 Å². The zero-order valence-corrected chi connectivity index (χ0v) is 14.5. The summed E-state index contributed by atoms with van der Waals surface area (Å²) in [6, 6.07) is 11.9. The largest absolute Gasteiger partial charge is 0.497 e. The van der Waals surface area contributed by atoms with Crippen LogP contribution < -0.4 is 4.74 Å². The average molecular weight is 362 g/mol. The van der Waals surface area contributed by atoms with Gasteiger partial charge in [0.2, 0.25) is 10.0 Å². The first-order valence-electron chi connectivity index (χ1n) is 7.37. The van der Waals surface area contributed by atoms with Gasteiger partial charge in [0, 0.05) is 25.2 Å². The third kappa shape index (κ3) is 4.43. The van der Waals surface area contributed by atoms with Gasteiger partial charge in [-0.2, -0.15) is 4.31 Å². The Morgan fingerprint density at radius 1 is 1.24 bits per heavy atom. The van der Waals surface area contributed by atoms with Crippen LogP contribution in [-0.4, -0.2) is 31.3 Å². The minimum atomic E-state index is -3.78. The van der Waals surface area contributed by atoms with Gasteiger partial charge in [0.1, 0.15) is 5.75 Å². The molecule has 7 nitrogen and oxygen atoms in total. The van der Waals surface area contributed by atoms with Gasteiger partial charge in [-0.3, -0.25) is 10.1 Å². The molecule has 0 N–H and O–H groups in total. The van der Waals surface area contributed by atoms with E-state index in [-0.39, 0.29) is 23.7 Å². The average Bonchev–Trinajstić information content (AvgIpc) is 2.61. The van der Waals surface area contributed by atoms with Gasteiger partial charge in [0.25, 0.3) is 5.69 Å². The molecule has 132 valence electrons. The van der Waals surface area contributed by atoms with E-state index in [0.29, 0.717) is 11.3 Å². The smallest absolute Gasteiger partial charge is 0.269 e. The quantitative estimate of drug-likeness (QED) is 0.409. The van der Waals surface area contributed by atoms with Crippen LogP contribution in [-0.2, 0) is 16.6 Å². The number of hydrogen-bond donors (Lipinski definition) is 0. The summed E-state index contributed by atoms with van der Waals surface area (Å²) in [5.41, 5.74) is 0.436. The molecule has 0 fully saturated rings. The Labute approximate surface area is 146 Å². The molecule has 2 aromatic rings. The predicted octanol–water partition coefficient (Wildman–Crippen LogP) is 2.98. The highest BCUT2D eigenvalue weighted by molar-refractivity contribution is 7.89. The van der Waals surface area contributed by atoms with E-state index >= 15 is 0 Å². The van der Waals surface area contributed by atoms with Gasteiger partial charge in [-0.15, -0.1) is 6.58 Å². The Morgan fingerprint density at radius 3 is 2.48 bits per heavy atom. The van der Waals surface area contributed by atoms with E-state index in [2.05, 4.69) is 6.58 Å². The van der Waals surface area contributed by atoms with E-state index in [4.69, 9.17) is 4.74 Å². The molecule has 0 radical (unpaired) electrons. The molecule has 0 aromatic heterocycles. The van der Waals surface area contributed by atoms with Crippen LogP contribution in [0.5, 0.6) is 5.75 Å². The molecule has 0 saturated carbocycles. The normalized spacial score (nSPS) is 11.3. The molecule has 0 atom stereocenters. The molecular weight excluding hydrogens is 344 g/mol. The lowest BCUT2D eigenvalue weighted by molar-refractivity contribution is -0.384. The highest BCUT2D eigenvalue weighted by Crippen LogP contribution is 2.22. The van der Waals surface area contributed by atoms with Crippen LogP contribution >= 0.6 is 0 Å². The Hall–Kier alpha value is -2.71. The van der Waals surface area contributed by atoms with E-state index in [0.717, 1.165) is 0 Å². The molecule has 8 heteroatoms. The summed E-state index contributed by atoms with van der Waals surface area (Å²) < 4.78 is 31.9. The number of non-ortho nitro benzene ring substituents is 1. The van der Waals surface area contributed by atoms with E-state index in [1.807, 2.05) is 0 Å². The highest BCUT2D eigenvalue weighted by atomic mass is 32.2. The van der Waals surface area contributed by atoms with Crippen molar-refractivity contribution in [3.63, 3.8) is 0 Å². The third-order valence-electron chi connectivity index (χ3n) is 3.51. The van der Waals surface area contributed by atoms with Crippen molar-refractivity contribution in [1.82, 2.24) is 4.31 Å². The van der Waals surface area contributed by atoms with Crippen molar-refractivity contribution in [3.05, 3.63) is 76.9 Å². The van der Waals surface area contributed by atoms with Crippen molar-refractivity contribution in [1.29, 1.82) is 0 Å². The number of hydrogen-bond acceptors (Lipinski definition) is 5. The maximum absolute atomic E-state index is 12.8. The molecule has 0 unspecified atom stereocenters. The van der Waals surface area contributed by atoms with Crippen molar-refractivity contribution in [3.8, 4) is 5.75 Å². The lowest BCUT2D eigenvalue weighted by atomic mass is 10.2. The van der Waals surface area contributed by atoms with E-state index in [1.54, 1.807) is 18.2 Å². The molecule has 0 aliphatic rings. The molecule has 0 aliphatic heterocycles. The number of nitrogens with zero attached hydrogens (tertiary/aromatic N) is 2. The molecular formula is C17H18N2O5S. The number of benzene rings is 2. The topological polar surface area (TPSA) is 89.8 Å². The molecule has 2 aromatic carbocycles. The number of nitro groups is 1. The maximum atomic E-state index is 12.8. The first-order chi connectivity index (χ1) is 11.9. The Bertz CT molecular complexity index is 863. The summed E-state index contributed by atoms with van der Waals surface area (Å²) in [6.07, 6.45) is 1.47. The van der Waals surface area contributed by atoms with Gasteiger partial charge >= 0.3 is 0 Å². The second-order valence-electron chi connectivity index (χ2n) is 5.19. The monoisotopic (exact) mass is 362 g/mol. The molecule has 0 spiro atoms. The fourth-order valence-electron chi connectivity index (χ4n) is 2.26. The molecule has 2 rings (SSSR count). The van der Waals surface area contributed by atoms with Crippen molar-refractivity contribution >= 4 is 15.7 Å². The summed E-state index contributed by atoms with van der Waals surface area (Å²) >= 11 is 0. The minimum absolute atomic E-state index is 0.00205. The van der Waals surface area contributed by atoms with Gasteiger partial charge in [0.05, 0.1) is 16.9 Å². The van der Waals surface area contributed by atoms with E-state index < -0.39 is 14.9 Å². The predicted molar refractivity (Wildman–Crippen MR) is 93.9 cm³/mol. The molecule has 0 amide bonds. The zero-order chi connectivity index (χ0) is 18.4. The maximum Gasteiger partial charge on any atom is 0.269 e. The number of sulfonamides is 1. The number of rotatable bonds is 8. The lowest BCUT2D eigenvalue weighted by Gasteiger charge is -2.21. The second-order valence-corrected chi connectivity index (χ2v) is 7.13. The fraction of sp³-hybridized carbons (Fsp3) is 0.176. The minimum Gasteiger partial charge on any atom is -0.497 e. The first kappa shape index (κ1) is 18.6. The van der Waals surface area contributed by atoms with Crippen LogP contribution in [0.3, 0.4) is 0 Å². The number of nitro benzene ring substituents is 1. The highest BCUT2D eigenvalue weighted by Gasteiger charge is 2.24. The van der Waals surface area contributed by atoms with Crippen molar-refractivity contribution in [2.24, 2.45) is 0 Å². The van der Waals surface area contributed by atoms with Crippen LogP contribution in [0.1, 0.15) is 5.56 Å². The van der Waals surface area contributed by atoms with Crippen LogP contribution in [0.25, 0.3) is 0 Å².